The van der Waals surface area contributed by atoms with Gasteiger partial charge in [-0.3, -0.25) is 4.79 Å². The molecule has 0 fully saturated rings. The van der Waals surface area contributed by atoms with Gasteiger partial charge in [-0.2, -0.15) is 0 Å². The molecule has 6 rings (SSSR count). The van der Waals surface area contributed by atoms with Crippen LogP contribution in [0.2, 0.25) is 0 Å². The van der Waals surface area contributed by atoms with Crippen LogP contribution in [0.1, 0.15) is 10.4 Å². The van der Waals surface area contributed by atoms with Gasteiger partial charge in [-0.25, -0.2) is 9.98 Å². The fourth-order valence-corrected chi connectivity index (χ4v) is 3.85. The highest BCUT2D eigenvalue weighted by atomic mass is 16.1. The van der Waals surface area contributed by atoms with E-state index in [0.717, 1.165) is 33.4 Å². The first-order valence-electron chi connectivity index (χ1n) is 11.1. The molecule has 5 N–H and O–H groups in total. The van der Waals surface area contributed by atoms with Gasteiger partial charge in [-0.15, -0.1) is 0 Å². The van der Waals surface area contributed by atoms with Crippen molar-refractivity contribution >= 4 is 45.0 Å². The molecule has 0 bridgehead atoms. The highest BCUT2D eigenvalue weighted by molar-refractivity contribution is 6.04. The largest absolute Gasteiger partial charge is 0.324 e. The molecular weight excluding hydrogens is 438 g/mol. The summed E-state index contributed by atoms with van der Waals surface area (Å²) in [5, 5.41) is 2.92. The number of nitrogens with zero attached hydrogens (tertiary/aromatic N) is 2. The molecule has 6 aromatic rings. The normalized spacial score (nSPS) is 11.0. The maximum atomic E-state index is 12.7. The maximum Gasteiger partial charge on any atom is 0.255 e. The van der Waals surface area contributed by atoms with E-state index in [4.69, 9.17) is 0 Å². The van der Waals surface area contributed by atoms with E-state index in [1.165, 1.54) is 0 Å². The zero-order valence-electron chi connectivity index (χ0n) is 18.5. The predicted molar refractivity (Wildman–Crippen MR) is 137 cm³/mol. The molecule has 0 radical (unpaired) electrons. The maximum absolute atomic E-state index is 12.7. The highest BCUT2D eigenvalue weighted by Crippen LogP contribution is 2.18. The standard InChI is InChI=1S/C27H21N7O/c35-25(17-9-11-19(12-10-17)29-26-31-21-5-1-2-6-22(21)32-26)28-18-13-15-20(16-14-18)30-27-33-23-7-3-4-8-24(23)34-27/h1-16H,(H,28,35)(H2,29,31,32)(H2,30,33,34). The molecule has 0 unspecified atom stereocenters. The van der Waals surface area contributed by atoms with E-state index in [9.17, 15) is 4.79 Å². The third-order valence-electron chi connectivity index (χ3n) is 5.60. The van der Waals surface area contributed by atoms with Crippen molar-refractivity contribution in [3.05, 3.63) is 114 Å². The van der Waals surface area contributed by atoms with Crippen LogP contribution in [0.25, 0.3) is 22.1 Å². The van der Waals surface area contributed by atoms with Crippen LogP contribution in [0.3, 0.4) is 0 Å². The van der Waals surface area contributed by atoms with Crippen LogP contribution in [-0.4, -0.2) is 25.8 Å². The Bertz CT molecular complexity index is 1710. The fraction of sp³-hybridized carbons (Fsp3) is 0. The molecule has 35 heavy (non-hydrogen) atoms. The minimum atomic E-state index is -0.192. The summed E-state index contributed by atoms with van der Waals surface area (Å²) in [6.07, 6.45) is 0. The molecule has 4 aromatic carbocycles. The summed E-state index contributed by atoms with van der Waals surface area (Å²) >= 11 is 0. The topological polar surface area (TPSA) is 117 Å². The van der Waals surface area contributed by atoms with Gasteiger partial charge in [0.2, 0.25) is 11.2 Å². The van der Waals surface area contributed by atoms with Gasteiger partial charge in [0.25, 0.3) is 5.91 Å². The summed E-state index contributed by atoms with van der Waals surface area (Å²) in [6, 6.07) is 30.3. The second-order valence-corrected chi connectivity index (χ2v) is 8.06. The second kappa shape index (κ2) is 8.68. The van der Waals surface area contributed by atoms with Crippen molar-refractivity contribution in [1.29, 1.82) is 0 Å². The van der Waals surface area contributed by atoms with Gasteiger partial charge in [0.1, 0.15) is 0 Å². The summed E-state index contributed by atoms with van der Waals surface area (Å²) in [5.74, 6) is -0.192. The summed E-state index contributed by atoms with van der Waals surface area (Å²) < 4.78 is 0. The van der Waals surface area contributed by atoms with Gasteiger partial charge in [-0.1, -0.05) is 24.3 Å². The number of benzene rings is 4. The number of carbonyl (C=O) groups is 1. The lowest BCUT2D eigenvalue weighted by atomic mass is 10.2. The smallest absolute Gasteiger partial charge is 0.255 e. The minimum Gasteiger partial charge on any atom is -0.324 e. The number of amides is 1. The van der Waals surface area contributed by atoms with Gasteiger partial charge in [-0.05, 0) is 72.8 Å². The molecule has 2 aromatic heterocycles. The first-order valence-corrected chi connectivity index (χ1v) is 11.1. The zero-order valence-corrected chi connectivity index (χ0v) is 18.5. The number of aromatic nitrogens is 4. The molecule has 0 aliphatic rings. The Kier molecular flexibility index (Phi) is 5.08. The molecule has 0 aliphatic heterocycles. The summed E-state index contributed by atoms with van der Waals surface area (Å²) in [4.78, 5) is 34.8. The van der Waals surface area contributed by atoms with Crippen molar-refractivity contribution in [2.75, 3.05) is 5.32 Å². The van der Waals surface area contributed by atoms with Crippen LogP contribution < -0.4 is 16.6 Å². The number of nitrogens with one attached hydrogen (secondary N) is 5. The van der Waals surface area contributed by atoms with Gasteiger partial charge in [0.15, 0.2) is 0 Å². The molecule has 0 saturated carbocycles. The Balaban J connectivity index is 1.15. The lowest BCUT2D eigenvalue weighted by Crippen LogP contribution is -2.11. The number of aromatic amines is 4. The number of carbonyl (C=O) groups excluding carboxylic acids is 1. The van der Waals surface area contributed by atoms with Crippen LogP contribution in [0.5, 0.6) is 0 Å². The van der Waals surface area contributed by atoms with Crippen LogP contribution >= 0.6 is 0 Å². The number of anilines is 1. The Morgan fingerprint density at radius 2 is 0.943 bits per heavy atom. The number of fused-ring (bicyclic) bond motifs is 2. The number of imidazole rings is 2. The van der Waals surface area contributed by atoms with Crippen molar-refractivity contribution in [1.82, 2.24) is 19.9 Å². The molecular formula is C27H21N7O. The lowest BCUT2D eigenvalue weighted by molar-refractivity contribution is 0.102. The molecule has 1 amide bonds. The first-order chi connectivity index (χ1) is 17.2. The summed E-state index contributed by atoms with van der Waals surface area (Å²) in [5.41, 5.74) is 8.03. The number of hydrogen-bond donors (Lipinski definition) is 5. The Morgan fingerprint density at radius 3 is 1.37 bits per heavy atom. The average Bonchev–Trinajstić information content (AvgIpc) is 3.48. The van der Waals surface area contributed by atoms with Crippen molar-refractivity contribution in [2.45, 2.75) is 0 Å². The molecule has 0 spiro atoms. The lowest BCUT2D eigenvalue weighted by Gasteiger charge is -2.05. The van der Waals surface area contributed by atoms with E-state index in [2.05, 4.69) is 35.2 Å². The van der Waals surface area contributed by atoms with Crippen molar-refractivity contribution in [3.63, 3.8) is 0 Å². The molecule has 8 heteroatoms. The molecule has 170 valence electrons. The molecule has 0 aliphatic carbocycles. The van der Waals surface area contributed by atoms with E-state index >= 15 is 0 Å². The quantitative estimate of drug-likeness (QED) is 0.250. The van der Waals surface area contributed by atoms with Crippen molar-refractivity contribution in [3.8, 4) is 0 Å². The van der Waals surface area contributed by atoms with Crippen molar-refractivity contribution in [2.24, 2.45) is 9.98 Å². The monoisotopic (exact) mass is 459 g/mol. The van der Waals surface area contributed by atoms with Gasteiger partial charge in [0.05, 0.1) is 33.4 Å². The highest BCUT2D eigenvalue weighted by Gasteiger charge is 2.06. The predicted octanol–water partition coefficient (Wildman–Crippen LogP) is 5.02. The Labute approximate surface area is 199 Å². The number of para-hydroxylation sites is 4. The van der Waals surface area contributed by atoms with E-state index in [-0.39, 0.29) is 5.91 Å². The Morgan fingerprint density at radius 1 is 0.543 bits per heavy atom. The number of H-pyrrole nitrogens is 4. The van der Waals surface area contributed by atoms with E-state index < -0.39 is 0 Å². The van der Waals surface area contributed by atoms with Gasteiger partial charge in [0, 0.05) is 11.3 Å². The summed E-state index contributed by atoms with van der Waals surface area (Å²) in [7, 11) is 0. The van der Waals surface area contributed by atoms with Gasteiger partial charge >= 0.3 is 0 Å². The SMILES string of the molecule is O=C(Nc1ccc(N=c2[nH]c3ccccc3[nH]2)cc1)c1ccc(N=c2[nH]c3ccccc3[nH]2)cc1. The number of hydrogen-bond acceptors (Lipinski definition) is 3. The van der Waals surface area contributed by atoms with Crippen LogP contribution in [0, 0.1) is 0 Å². The second-order valence-electron chi connectivity index (χ2n) is 8.06. The minimum absolute atomic E-state index is 0.192. The first kappa shape index (κ1) is 20.5. The third-order valence-corrected chi connectivity index (χ3v) is 5.60. The zero-order chi connectivity index (χ0) is 23.6. The van der Waals surface area contributed by atoms with Gasteiger partial charge < -0.3 is 25.3 Å². The number of rotatable bonds is 4. The Hall–Kier alpha value is -5.11. The molecule has 0 atom stereocenters. The average molecular weight is 460 g/mol. The fourth-order valence-electron chi connectivity index (χ4n) is 3.85. The van der Waals surface area contributed by atoms with Crippen LogP contribution in [-0.2, 0) is 0 Å². The van der Waals surface area contributed by atoms with Crippen LogP contribution in [0.15, 0.2) is 107 Å². The molecule has 0 saturated heterocycles. The van der Waals surface area contributed by atoms with E-state index in [0.29, 0.717) is 22.5 Å². The van der Waals surface area contributed by atoms with Crippen molar-refractivity contribution < 1.29 is 4.79 Å². The molecule has 8 nitrogen and oxygen atoms in total. The van der Waals surface area contributed by atoms with E-state index in [1.54, 1.807) is 12.1 Å². The van der Waals surface area contributed by atoms with E-state index in [1.807, 2.05) is 84.9 Å². The van der Waals surface area contributed by atoms with Crippen LogP contribution in [0.4, 0.5) is 17.1 Å². The molecule has 2 heterocycles. The third kappa shape index (κ3) is 4.40. The summed E-state index contributed by atoms with van der Waals surface area (Å²) in [6.45, 7) is 0.